The second-order valence-corrected chi connectivity index (χ2v) is 6.96. The predicted octanol–water partition coefficient (Wildman–Crippen LogP) is 4.44. The molecule has 0 radical (unpaired) electrons. The van der Waals surface area contributed by atoms with Crippen molar-refractivity contribution in [1.82, 2.24) is 0 Å². The van der Waals surface area contributed by atoms with Crippen LogP contribution in [0.5, 0.6) is 11.5 Å². The molecule has 2 amide bonds. The van der Waals surface area contributed by atoms with Crippen LogP contribution in [-0.2, 0) is 4.79 Å². The first-order valence-corrected chi connectivity index (χ1v) is 9.76. The smallest absolute Gasteiger partial charge is 0.259 e. The van der Waals surface area contributed by atoms with Crippen LogP contribution in [0.3, 0.4) is 0 Å². The van der Waals surface area contributed by atoms with E-state index in [-0.39, 0.29) is 11.6 Å². The molecule has 32 heavy (non-hydrogen) atoms. The Morgan fingerprint density at radius 2 is 1.69 bits per heavy atom. The van der Waals surface area contributed by atoms with Crippen molar-refractivity contribution in [3.8, 4) is 11.5 Å². The summed E-state index contributed by atoms with van der Waals surface area (Å²) in [6.07, 6.45) is 1.39. The number of nitrogens with one attached hydrogen (secondary N) is 3. The van der Waals surface area contributed by atoms with Crippen LogP contribution in [0.2, 0.25) is 0 Å². The van der Waals surface area contributed by atoms with Crippen LogP contribution in [0.25, 0.3) is 0 Å². The van der Waals surface area contributed by atoms with E-state index in [1.54, 1.807) is 32.0 Å². The van der Waals surface area contributed by atoms with E-state index in [0.29, 0.717) is 34.2 Å². The summed E-state index contributed by atoms with van der Waals surface area (Å²) in [6.45, 7) is 3.30. The maximum Gasteiger partial charge on any atom is 0.259 e. The number of hydrogen-bond acceptors (Lipinski definition) is 6. The van der Waals surface area contributed by atoms with Gasteiger partial charge < -0.3 is 29.8 Å². The zero-order valence-electron chi connectivity index (χ0n) is 18.1. The largest absolute Gasteiger partial charge is 0.493 e. The Morgan fingerprint density at radius 3 is 2.34 bits per heavy atom. The quantitative estimate of drug-likeness (QED) is 0.478. The van der Waals surface area contributed by atoms with E-state index in [0.717, 1.165) is 0 Å². The second kappa shape index (κ2) is 9.86. The molecule has 9 heteroatoms. The first-order chi connectivity index (χ1) is 15.3. The standard InChI is InChI=1S/C23H24FN3O5/c1-13(22(28)26-16-6-8-20(30-3)21(12-16)31-4)25-15-5-7-18(24)19(11-15)27-23(29)17-9-10-32-14(17)2/h5-13,25H,1-4H3,(H,26,28)(H,27,29). The number of furan rings is 1. The van der Waals surface area contributed by atoms with Crippen molar-refractivity contribution < 1.29 is 27.9 Å². The summed E-state index contributed by atoms with van der Waals surface area (Å²) >= 11 is 0. The lowest BCUT2D eigenvalue weighted by Crippen LogP contribution is -2.31. The maximum atomic E-state index is 14.2. The molecule has 0 spiro atoms. The van der Waals surface area contributed by atoms with Gasteiger partial charge in [-0.05, 0) is 50.2 Å². The van der Waals surface area contributed by atoms with Crippen LogP contribution in [0, 0.1) is 12.7 Å². The Hall–Kier alpha value is -4.01. The molecule has 0 fully saturated rings. The molecule has 0 bridgehead atoms. The fourth-order valence-electron chi connectivity index (χ4n) is 3.00. The summed E-state index contributed by atoms with van der Waals surface area (Å²) in [5, 5.41) is 8.29. The molecule has 0 aliphatic carbocycles. The van der Waals surface area contributed by atoms with Crippen LogP contribution in [0.1, 0.15) is 23.0 Å². The number of carbonyl (C=O) groups is 2. The summed E-state index contributed by atoms with van der Waals surface area (Å²) in [5.74, 6) is 0.0404. The van der Waals surface area contributed by atoms with Crippen LogP contribution in [0.4, 0.5) is 21.5 Å². The number of ether oxygens (including phenoxy) is 2. The summed E-state index contributed by atoms with van der Waals surface area (Å²) in [6, 6.07) is 9.97. The Balaban J connectivity index is 1.67. The average molecular weight is 441 g/mol. The molecule has 0 aliphatic rings. The van der Waals surface area contributed by atoms with E-state index in [9.17, 15) is 14.0 Å². The van der Waals surface area contributed by atoms with E-state index >= 15 is 0 Å². The number of benzene rings is 2. The number of halogens is 1. The molecule has 1 atom stereocenters. The van der Waals surface area contributed by atoms with Crippen molar-refractivity contribution in [2.24, 2.45) is 0 Å². The molecule has 1 unspecified atom stereocenters. The van der Waals surface area contributed by atoms with Gasteiger partial charge in [0.15, 0.2) is 11.5 Å². The first kappa shape index (κ1) is 22.7. The zero-order valence-corrected chi connectivity index (χ0v) is 18.1. The van der Waals surface area contributed by atoms with Gasteiger partial charge in [-0.1, -0.05) is 0 Å². The Bertz CT molecular complexity index is 1130. The van der Waals surface area contributed by atoms with Crippen molar-refractivity contribution in [3.63, 3.8) is 0 Å². The third kappa shape index (κ3) is 5.18. The number of methoxy groups -OCH3 is 2. The van der Waals surface area contributed by atoms with E-state index in [2.05, 4.69) is 16.0 Å². The first-order valence-electron chi connectivity index (χ1n) is 9.76. The summed E-state index contributed by atoms with van der Waals surface area (Å²) < 4.78 is 29.8. The number of rotatable bonds is 8. The van der Waals surface area contributed by atoms with E-state index in [4.69, 9.17) is 13.9 Å². The molecular formula is C23H24FN3O5. The van der Waals surface area contributed by atoms with Gasteiger partial charge in [0.05, 0.1) is 31.7 Å². The molecule has 3 rings (SSSR count). The highest BCUT2D eigenvalue weighted by Crippen LogP contribution is 2.30. The minimum Gasteiger partial charge on any atom is -0.493 e. The third-order valence-electron chi connectivity index (χ3n) is 4.75. The predicted molar refractivity (Wildman–Crippen MR) is 119 cm³/mol. The highest BCUT2D eigenvalue weighted by atomic mass is 19.1. The maximum absolute atomic E-state index is 14.2. The van der Waals surface area contributed by atoms with Gasteiger partial charge >= 0.3 is 0 Å². The molecule has 0 saturated heterocycles. The van der Waals surface area contributed by atoms with Gasteiger partial charge in [-0.15, -0.1) is 0 Å². The van der Waals surface area contributed by atoms with E-state index in [1.807, 2.05) is 0 Å². The molecule has 0 aliphatic heterocycles. The van der Waals surface area contributed by atoms with Crippen molar-refractivity contribution in [3.05, 3.63) is 65.9 Å². The average Bonchev–Trinajstić information content (AvgIpc) is 3.21. The second-order valence-electron chi connectivity index (χ2n) is 6.96. The SMILES string of the molecule is COc1ccc(NC(=O)C(C)Nc2ccc(F)c(NC(=O)c3ccoc3C)c2)cc1OC. The molecule has 8 nitrogen and oxygen atoms in total. The molecule has 3 N–H and O–H groups in total. The van der Waals surface area contributed by atoms with Crippen molar-refractivity contribution >= 4 is 28.9 Å². The van der Waals surface area contributed by atoms with Crippen molar-refractivity contribution in [1.29, 1.82) is 0 Å². The number of aryl methyl sites for hydroxylation is 1. The zero-order chi connectivity index (χ0) is 23.3. The van der Waals surface area contributed by atoms with Crippen molar-refractivity contribution in [2.45, 2.75) is 19.9 Å². The van der Waals surface area contributed by atoms with Crippen LogP contribution >= 0.6 is 0 Å². The van der Waals surface area contributed by atoms with Crippen molar-refractivity contribution in [2.75, 3.05) is 30.2 Å². The minimum absolute atomic E-state index is 0.0203. The highest BCUT2D eigenvalue weighted by molar-refractivity contribution is 6.05. The minimum atomic E-state index is -0.659. The summed E-state index contributed by atoms with van der Waals surface area (Å²) in [5.41, 5.74) is 1.28. The Morgan fingerprint density at radius 1 is 0.969 bits per heavy atom. The fraction of sp³-hybridized carbons (Fsp3) is 0.217. The summed E-state index contributed by atoms with van der Waals surface area (Å²) in [7, 11) is 3.03. The molecule has 0 saturated carbocycles. The van der Waals surface area contributed by atoms with Gasteiger partial charge in [-0.2, -0.15) is 0 Å². The lowest BCUT2D eigenvalue weighted by Gasteiger charge is -2.17. The molecule has 1 aromatic heterocycles. The lowest BCUT2D eigenvalue weighted by atomic mass is 10.2. The normalized spacial score (nSPS) is 11.4. The Kier molecular flexibility index (Phi) is 6.99. The van der Waals surface area contributed by atoms with Crippen LogP contribution in [0.15, 0.2) is 53.1 Å². The number of anilines is 3. The number of hydrogen-bond donors (Lipinski definition) is 3. The van der Waals surface area contributed by atoms with Gasteiger partial charge in [0.2, 0.25) is 5.91 Å². The highest BCUT2D eigenvalue weighted by Gasteiger charge is 2.17. The van der Waals surface area contributed by atoms with Crippen LogP contribution < -0.4 is 25.4 Å². The fourth-order valence-corrected chi connectivity index (χ4v) is 3.00. The van der Waals surface area contributed by atoms with Gasteiger partial charge in [0.1, 0.15) is 17.6 Å². The molecule has 1 heterocycles. The van der Waals surface area contributed by atoms with Gasteiger partial charge in [-0.25, -0.2) is 4.39 Å². The molecule has 3 aromatic rings. The van der Waals surface area contributed by atoms with E-state index < -0.39 is 17.8 Å². The number of amides is 2. The summed E-state index contributed by atoms with van der Waals surface area (Å²) in [4.78, 5) is 24.9. The third-order valence-corrected chi connectivity index (χ3v) is 4.75. The van der Waals surface area contributed by atoms with Crippen LogP contribution in [-0.4, -0.2) is 32.1 Å². The van der Waals surface area contributed by atoms with Gasteiger partial charge in [0, 0.05) is 17.4 Å². The van der Waals surface area contributed by atoms with Gasteiger partial charge in [0.25, 0.3) is 5.91 Å². The van der Waals surface area contributed by atoms with Gasteiger partial charge in [-0.3, -0.25) is 9.59 Å². The monoisotopic (exact) mass is 441 g/mol. The molecule has 168 valence electrons. The van der Waals surface area contributed by atoms with E-state index in [1.165, 1.54) is 44.7 Å². The Labute approximate surface area is 184 Å². The number of carbonyl (C=O) groups excluding carboxylic acids is 2. The lowest BCUT2D eigenvalue weighted by molar-refractivity contribution is -0.116. The topological polar surface area (TPSA) is 102 Å². The molecule has 2 aromatic carbocycles. The molecular weight excluding hydrogens is 417 g/mol.